The molecule has 2 amide bonds. The van der Waals surface area contributed by atoms with E-state index in [1.807, 2.05) is 13.8 Å². The fourth-order valence-corrected chi connectivity index (χ4v) is 3.67. The molecular weight excluding hydrogens is 347 g/mol. The van der Waals surface area contributed by atoms with E-state index in [0.29, 0.717) is 22.5 Å². The molecule has 6 nitrogen and oxygen atoms in total. The molecule has 2 aliphatic heterocycles. The third-order valence-electron chi connectivity index (χ3n) is 5.15. The Morgan fingerprint density at radius 2 is 2.15 bits per heavy atom. The van der Waals surface area contributed by atoms with Gasteiger partial charge in [-0.3, -0.25) is 9.59 Å². The molecule has 1 atom stereocenters. The summed E-state index contributed by atoms with van der Waals surface area (Å²) >= 11 is 0. The number of amides is 2. The summed E-state index contributed by atoms with van der Waals surface area (Å²) in [5, 5.41) is 8.90. The van der Waals surface area contributed by atoms with Crippen molar-refractivity contribution in [1.82, 2.24) is 10.3 Å². The van der Waals surface area contributed by atoms with Crippen LogP contribution in [0, 0.1) is 19.7 Å². The maximum atomic E-state index is 13.6. The number of rotatable bonds is 3. The standard InChI is InChI=1S/C20H21FN4O2/c1-10-17(9-14-13-8-12(21)5-6-15(13)24-19(14)26)23-11(2)18(10)25-20(27)16-4-3-7-22-16/h5-6,8-9,16,22-23H,3-4,7H2,1-2H3,(H,24,26)(H,25,27). The Bertz CT molecular complexity index is 971. The van der Waals surface area contributed by atoms with Crippen LogP contribution in [0.1, 0.15) is 35.4 Å². The minimum absolute atomic E-state index is 0.0528. The first-order chi connectivity index (χ1) is 12.9. The minimum atomic E-state index is -0.396. The van der Waals surface area contributed by atoms with E-state index in [1.54, 1.807) is 12.1 Å². The molecule has 0 spiro atoms. The van der Waals surface area contributed by atoms with Crippen molar-refractivity contribution < 1.29 is 14.0 Å². The monoisotopic (exact) mass is 368 g/mol. The summed E-state index contributed by atoms with van der Waals surface area (Å²) < 4.78 is 13.6. The van der Waals surface area contributed by atoms with E-state index >= 15 is 0 Å². The molecule has 0 radical (unpaired) electrons. The van der Waals surface area contributed by atoms with Gasteiger partial charge in [0.15, 0.2) is 0 Å². The molecule has 2 aromatic rings. The summed E-state index contributed by atoms with van der Waals surface area (Å²) in [6, 6.07) is 4.04. The molecule has 140 valence electrons. The van der Waals surface area contributed by atoms with E-state index in [1.165, 1.54) is 12.1 Å². The number of nitrogens with one attached hydrogen (secondary N) is 4. The van der Waals surface area contributed by atoms with Crippen LogP contribution in [0.3, 0.4) is 0 Å². The molecule has 2 aliphatic rings. The first-order valence-electron chi connectivity index (χ1n) is 9.00. The van der Waals surface area contributed by atoms with E-state index in [2.05, 4.69) is 20.9 Å². The third kappa shape index (κ3) is 3.14. The first kappa shape index (κ1) is 17.5. The number of carbonyl (C=O) groups excluding carboxylic acids is 2. The number of aryl methyl sites for hydroxylation is 1. The topological polar surface area (TPSA) is 86.0 Å². The van der Waals surface area contributed by atoms with Crippen molar-refractivity contribution in [3.05, 3.63) is 46.5 Å². The lowest BCUT2D eigenvalue weighted by Crippen LogP contribution is -2.35. The van der Waals surface area contributed by atoms with Gasteiger partial charge in [-0.15, -0.1) is 0 Å². The fourth-order valence-electron chi connectivity index (χ4n) is 3.67. The Kier molecular flexibility index (Phi) is 4.31. The number of aromatic amines is 1. The maximum Gasteiger partial charge on any atom is 0.256 e. The number of hydrogen-bond donors (Lipinski definition) is 4. The van der Waals surface area contributed by atoms with E-state index in [9.17, 15) is 14.0 Å². The van der Waals surface area contributed by atoms with Crippen molar-refractivity contribution >= 4 is 34.8 Å². The number of anilines is 2. The molecular formula is C20H21FN4O2. The average Bonchev–Trinajstić information content (AvgIpc) is 3.32. The fraction of sp³-hybridized carbons (Fsp3) is 0.300. The molecule has 0 bridgehead atoms. The lowest BCUT2D eigenvalue weighted by atomic mass is 10.0. The highest BCUT2D eigenvalue weighted by Crippen LogP contribution is 2.35. The predicted octanol–water partition coefficient (Wildman–Crippen LogP) is 2.95. The van der Waals surface area contributed by atoms with Crippen LogP contribution in [0.2, 0.25) is 0 Å². The zero-order chi connectivity index (χ0) is 19.1. The SMILES string of the molecule is Cc1[nH]c(C=C2C(=O)Nc3ccc(F)cc32)c(C)c1NC(=O)C1CCCN1. The average molecular weight is 368 g/mol. The van der Waals surface area contributed by atoms with Crippen LogP contribution in [-0.4, -0.2) is 29.4 Å². The number of carbonyl (C=O) groups is 2. The quantitative estimate of drug-likeness (QED) is 0.629. The van der Waals surface area contributed by atoms with Crippen LogP contribution in [0.5, 0.6) is 0 Å². The molecule has 4 rings (SSSR count). The summed E-state index contributed by atoms with van der Waals surface area (Å²) in [5.74, 6) is -0.724. The van der Waals surface area contributed by atoms with Crippen LogP contribution in [-0.2, 0) is 9.59 Å². The van der Waals surface area contributed by atoms with Crippen molar-refractivity contribution in [1.29, 1.82) is 0 Å². The number of H-pyrrole nitrogens is 1. The van der Waals surface area contributed by atoms with Gasteiger partial charge in [-0.05, 0) is 63.1 Å². The van der Waals surface area contributed by atoms with Crippen molar-refractivity contribution in [2.75, 3.05) is 17.2 Å². The summed E-state index contributed by atoms with van der Waals surface area (Å²) in [5.41, 5.74) is 4.60. The van der Waals surface area contributed by atoms with E-state index < -0.39 is 5.82 Å². The number of halogens is 1. The Morgan fingerprint density at radius 3 is 2.89 bits per heavy atom. The van der Waals surface area contributed by atoms with Crippen LogP contribution < -0.4 is 16.0 Å². The molecule has 4 N–H and O–H groups in total. The minimum Gasteiger partial charge on any atom is -0.357 e. The van der Waals surface area contributed by atoms with Gasteiger partial charge in [-0.2, -0.15) is 0 Å². The highest BCUT2D eigenvalue weighted by Gasteiger charge is 2.26. The zero-order valence-electron chi connectivity index (χ0n) is 15.2. The van der Waals surface area contributed by atoms with Gasteiger partial charge in [-0.25, -0.2) is 4.39 Å². The van der Waals surface area contributed by atoms with Gasteiger partial charge in [-0.1, -0.05) is 0 Å². The van der Waals surface area contributed by atoms with Gasteiger partial charge >= 0.3 is 0 Å². The van der Waals surface area contributed by atoms with Crippen LogP contribution >= 0.6 is 0 Å². The first-order valence-corrected chi connectivity index (χ1v) is 9.00. The second-order valence-corrected chi connectivity index (χ2v) is 7.00. The van der Waals surface area contributed by atoms with E-state index in [-0.39, 0.29) is 17.9 Å². The Morgan fingerprint density at radius 1 is 1.33 bits per heavy atom. The molecule has 1 saturated heterocycles. The van der Waals surface area contributed by atoms with Gasteiger partial charge < -0.3 is 20.9 Å². The summed E-state index contributed by atoms with van der Waals surface area (Å²) in [4.78, 5) is 27.9. The second kappa shape index (κ2) is 6.66. The molecule has 0 aliphatic carbocycles. The zero-order valence-corrected chi connectivity index (χ0v) is 15.2. The smallest absolute Gasteiger partial charge is 0.256 e. The van der Waals surface area contributed by atoms with E-state index in [4.69, 9.17) is 0 Å². The Balaban J connectivity index is 1.66. The van der Waals surface area contributed by atoms with Crippen molar-refractivity contribution in [3.63, 3.8) is 0 Å². The number of aromatic nitrogens is 1. The van der Waals surface area contributed by atoms with Gasteiger partial charge in [0.05, 0.1) is 17.3 Å². The Hall–Kier alpha value is -2.93. The Labute approximate surface area is 156 Å². The predicted molar refractivity (Wildman–Crippen MR) is 103 cm³/mol. The molecule has 3 heterocycles. The molecule has 1 aromatic heterocycles. The lowest BCUT2D eigenvalue weighted by molar-refractivity contribution is -0.117. The largest absolute Gasteiger partial charge is 0.357 e. The summed E-state index contributed by atoms with van der Waals surface area (Å²) in [6.07, 6.45) is 3.52. The van der Waals surface area contributed by atoms with Crippen molar-refractivity contribution in [2.45, 2.75) is 32.7 Å². The lowest BCUT2D eigenvalue weighted by Gasteiger charge is -2.11. The molecule has 7 heteroatoms. The van der Waals surface area contributed by atoms with Crippen LogP contribution in [0.4, 0.5) is 15.8 Å². The molecule has 1 unspecified atom stereocenters. The number of benzene rings is 1. The highest BCUT2D eigenvalue weighted by molar-refractivity contribution is 6.34. The molecule has 1 fully saturated rings. The maximum absolute atomic E-state index is 13.6. The van der Waals surface area contributed by atoms with Gasteiger partial charge in [0.1, 0.15) is 5.82 Å². The molecule has 1 aromatic carbocycles. The third-order valence-corrected chi connectivity index (χ3v) is 5.15. The van der Waals surface area contributed by atoms with Gasteiger partial charge in [0.25, 0.3) is 5.91 Å². The number of hydrogen-bond acceptors (Lipinski definition) is 3. The van der Waals surface area contributed by atoms with Crippen molar-refractivity contribution in [3.8, 4) is 0 Å². The van der Waals surface area contributed by atoms with Gasteiger partial charge in [0.2, 0.25) is 5.91 Å². The number of fused-ring (bicyclic) bond motifs is 1. The highest BCUT2D eigenvalue weighted by atomic mass is 19.1. The van der Waals surface area contributed by atoms with Gasteiger partial charge in [0, 0.05) is 22.6 Å². The summed E-state index contributed by atoms with van der Waals surface area (Å²) in [7, 11) is 0. The molecule has 0 saturated carbocycles. The van der Waals surface area contributed by atoms with Crippen molar-refractivity contribution in [2.24, 2.45) is 0 Å². The van der Waals surface area contributed by atoms with Crippen LogP contribution in [0.15, 0.2) is 18.2 Å². The van der Waals surface area contributed by atoms with E-state index in [0.717, 1.165) is 36.3 Å². The molecule has 27 heavy (non-hydrogen) atoms. The normalized spacial score (nSPS) is 20.0. The second-order valence-electron chi connectivity index (χ2n) is 7.00. The summed E-state index contributed by atoms with van der Waals surface area (Å²) in [6.45, 7) is 4.60. The van der Waals surface area contributed by atoms with Crippen LogP contribution in [0.25, 0.3) is 11.6 Å².